The fourth-order valence-corrected chi connectivity index (χ4v) is 2.43. The van der Waals surface area contributed by atoms with Crippen molar-refractivity contribution in [2.75, 3.05) is 6.61 Å². The Morgan fingerprint density at radius 3 is 2.56 bits per heavy atom. The van der Waals surface area contributed by atoms with Crippen molar-refractivity contribution in [2.45, 2.75) is 31.6 Å². The largest absolute Gasteiger partial charge is 0.493 e. The van der Waals surface area contributed by atoms with Crippen LogP contribution in [0.25, 0.3) is 0 Å². The fraction of sp³-hybridized carbons (Fsp3) is 0.385. The Labute approximate surface area is 108 Å². The van der Waals surface area contributed by atoms with Gasteiger partial charge in [0.15, 0.2) is 0 Å². The molecule has 0 heterocycles. The zero-order chi connectivity index (χ0) is 13.8. The number of unbranched alkanes of at least 4 members (excludes halogenated alkanes) is 1. The Balaban J connectivity index is 2.92. The highest BCUT2D eigenvalue weighted by atomic mass is 32.2. The number of sulfonamides is 1. The second kappa shape index (κ2) is 5.89. The van der Waals surface area contributed by atoms with E-state index in [2.05, 4.69) is 5.92 Å². The molecule has 0 fully saturated rings. The molecule has 0 unspecified atom stereocenters. The molecule has 1 aromatic carbocycles. The first-order valence-electron chi connectivity index (χ1n) is 5.57. The van der Waals surface area contributed by atoms with Crippen molar-refractivity contribution in [3.63, 3.8) is 0 Å². The molecule has 0 aliphatic rings. The lowest BCUT2D eigenvalue weighted by atomic mass is 10.1. The summed E-state index contributed by atoms with van der Waals surface area (Å²) in [6, 6.07) is 3.09. The number of rotatable bonds is 5. The molecule has 0 saturated heterocycles. The Morgan fingerprint density at radius 2 is 2.00 bits per heavy atom. The van der Waals surface area contributed by atoms with Crippen molar-refractivity contribution >= 4 is 10.0 Å². The summed E-state index contributed by atoms with van der Waals surface area (Å²) in [5, 5.41) is 5.13. The first-order chi connectivity index (χ1) is 8.38. The van der Waals surface area contributed by atoms with Crippen LogP contribution in [-0.2, 0) is 10.0 Å². The molecule has 0 saturated carbocycles. The van der Waals surface area contributed by atoms with Crippen molar-refractivity contribution in [3.8, 4) is 18.1 Å². The van der Waals surface area contributed by atoms with Crippen molar-refractivity contribution < 1.29 is 13.2 Å². The molecular formula is C13H17NO3S. The normalized spacial score (nSPS) is 11.0. The minimum atomic E-state index is -3.68. The van der Waals surface area contributed by atoms with Gasteiger partial charge < -0.3 is 4.74 Å². The zero-order valence-corrected chi connectivity index (χ0v) is 11.4. The Kier molecular flexibility index (Phi) is 4.76. The minimum Gasteiger partial charge on any atom is -0.493 e. The van der Waals surface area contributed by atoms with Crippen LogP contribution < -0.4 is 9.88 Å². The molecule has 2 N–H and O–H groups in total. The maximum Gasteiger partial charge on any atom is 0.238 e. The molecule has 0 bridgehead atoms. The first kappa shape index (κ1) is 14.6. The molecule has 0 spiro atoms. The standard InChI is InChI=1S/C13H17NO3S/c1-4-5-6-9-17-12-7-8-13(18(14,15)16)11(3)10(12)2/h1,7-8H,5-6,9H2,2-3H3,(H2,14,15,16). The molecule has 4 nitrogen and oxygen atoms in total. The van der Waals surface area contributed by atoms with Crippen molar-refractivity contribution in [1.82, 2.24) is 0 Å². The minimum absolute atomic E-state index is 0.135. The lowest BCUT2D eigenvalue weighted by molar-refractivity contribution is 0.310. The van der Waals surface area contributed by atoms with E-state index in [1.807, 2.05) is 0 Å². The number of hydrogen-bond donors (Lipinski definition) is 1. The highest BCUT2D eigenvalue weighted by Crippen LogP contribution is 2.26. The Bertz CT molecular complexity index is 571. The van der Waals surface area contributed by atoms with Crippen LogP contribution in [0, 0.1) is 26.2 Å². The molecule has 98 valence electrons. The number of benzene rings is 1. The van der Waals surface area contributed by atoms with Crippen LogP contribution in [0.2, 0.25) is 0 Å². The second-order valence-corrected chi connectivity index (χ2v) is 5.54. The molecule has 0 radical (unpaired) electrons. The third-order valence-electron chi connectivity index (χ3n) is 2.72. The molecule has 0 aliphatic carbocycles. The van der Waals surface area contributed by atoms with E-state index in [9.17, 15) is 8.42 Å². The zero-order valence-electron chi connectivity index (χ0n) is 10.6. The molecule has 1 rings (SSSR count). The van der Waals surface area contributed by atoms with Gasteiger partial charge in [0.25, 0.3) is 0 Å². The van der Waals surface area contributed by atoms with Gasteiger partial charge in [0.2, 0.25) is 10.0 Å². The van der Waals surface area contributed by atoms with Crippen LogP contribution in [0.5, 0.6) is 5.75 Å². The highest BCUT2D eigenvalue weighted by Gasteiger charge is 2.15. The summed E-state index contributed by atoms with van der Waals surface area (Å²) in [6.45, 7) is 4.03. The number of terminal acetylenes is 1. The maximum absolute atomic E-state index is 11.3. The predicted octanol–water partition coefficient (Wildman–Crippen LogP) is 1.74. The number of hydrogen-bond acceptors (Lipinski definition) is 3. The average molecular weight is 267 g/mol. The number of ether oxygens (including phenoxy) is 1. The van der Waals surface area contributed by atoms with E-state index >= 15 is 0 Å². The van der Waals surface area contributed by atoms with E-state index in [1.165, 1.54) is 6.07 Å². The van der Waals surface area contributed by atoms with Gasteiger partial charge in [-0.25, -0.2) is 13.6 Å². The molecule has 0 aromatic heterocycles. The van der Waals surface area contributed by atoms with Crippen LogP contribution in [0.3, 0.4) is 0 Å². The Morgan fingerprint density at radius 1 is 1.33 bits per heavy atom. The predicted molar refractivity (Wildman–Crippen MR) is 70.9 cm³/mol. The second-order valence-electron chi connectivity index (χ2n) is 4.01. The van der Waals surface area contributed by atoms with Crippen LogP contribution in [-0.4, -0.2) is 15.0 Å². The lowest BCUT2D eigenvalue weighted by Crippen LogP contribution is -2.14. The van der Waals surface area contributed by atoms with Gasteiger partial charge in [0.05, 0.1) is 11.5 Å². The summed E-state index contributed by atoms with van der Waals surface area (Å²) < 4.78 is 28.2. The molecule has 5 heteroatoms. The summed E-state index contributed by atoms with van der Waals surface area (Å²) in [4.78, 5) is 0.135. The van der Waals surface area contributed by atoms with Gasteiger partial charge >= 0.3 is 0 Å². The number of nitrogens with two attached hydrogens (primary N) is 1. The summed E-state index contributed by atoms with van der Waals surface area (Å²) in [6.07, 6.45) is 6.57. The monoisotopic (exact) mass is 267 g/mol. The molecule has 0 atom stereocenters. The number of primary sulfonamides is 1. The average Bonchev–Trinajstić information content (AvgIpc) is 2.28. The van der Waals surface area contributed by atoms with Gasteiger partial charge in [-0.1, -0.05) is 0 Å². The van der Waals surface area contributed by atoms with Crippen molar-refractivity contribution in [3.05, 3.63) is 23.3 Å². The summed E-state index contributed by atoms with van der Waals surface area (Å²) in [5.74, 6) is 3.20. The molecule has 0 aliphatic heterocycles. The maximum atomic E-state index is 11.3. The van der Waals surface area contributed by atoms with E-state index in [-0.39, 0.29) is 4.90 Å². The van der Waals surface area contributed by atoms with Gasteiger partial charge in [0, 0.05) is 6.42 Å². The molecule has 18 heavy (non-hydrogen) atoms. The van der Waals surface area contributed by atoms with Crippen LogP contribution in [0.15, 0.2) is 17.0 Å². The third-order valence-corrected chi connectivity index (χ3v) is 3.77. The first-order valence-corrected chi connectivity index (χ1v) is 7.12. The van der Waals surface area contributed by atoms with E-state index < -0.39 is 10.0 Å². The lowest BCUT2D eigenvalue weighted by Gasteiger charge is -2.13. The smallest absolute Gasteiger partial charge is 0.238 e. The molecule has 0 amide bonds. The topological polar surface area (TPSA) is 69.4 Å². The van der Waals surface area contributed by atoms with Gasteiger partial charge in [0.1, 0.15) is 5.75 Å². The van der Waals surface area contributed by atoms with E-state index in [4.69, 9.17) is 16.3 Å². The highest BCUT2D eigenvalue weighted by molar-refractivity contribution is 7.89. The summed E-state index contributed by atoms with van der Waals surface area (Å²) in [7, 11) is -3.68. The summed E-state index contributed by atoms with van der Waals surface area (Å²) in [5.41, 5.74) is 1.40. The molecule has 1 aromatic rings. The van der Waals surface area contributed by atoms with Gasteiger partial charge in [-0.3, -0.25) is 0 Å². The van der Waals surface area contributed by atoms with E-state index in [0.29, 0.717) is 24.3 Å². The van der Waals surface area contributed by atoms with Gasteiger partial charge in [-0.15, -0.1) is 12.3 Å². The third kappa shape index (κ3) is 3.49. The van der Waals surface area contributed by atoms with Gasteiger partial charge in [-0.2, -0.15) is 0 Å². The Hall–Kier alpha value is -1.51. The molecular weight excluding hydrogens is 250 g/mol. The van der Waals surface area contributed by atoms with Crippen molar-refractivity contribution in [1.29, 1.82) is 0 Å². The van der Waals surface area contributed by atoms with Gasteiger partial charge in [-0.05, 0) is 43.5 Å². The van der Waals surface area contributed by atoms with Crippen LogP contribution in [0.4, 0.5) is 0 Å². The van der Waals surface area contributed by atoms with E-state index in [0.717, 1.165) is 12.0 Å². The van der Waals surface area contributed by atoms with Crippen LogP contribution in [0.1, 0.15) is 24.0 Å². The van der Waals surface area contributed by atoms with E-state index in [1.54, 1.807) is 19.9 Å². The quantitative estimate of drug-likeness (QED) is 0.652. The fourth-order valence-electron chi connectivity index (χ4n) is 1.59. The van der Waals surface area contributed by atoms with Crippen LogP contribution >= 0.6 is 0 Å². The summed E-state index contributed by atoms with van der Waals surface area (Å²) >= 11 is 0. The SMILES string of the molecule is C#CCCCOc1ccc(S(N)(=O)=O)c(C)c1C. The van der Waals surface area contributed by atoms with Crippen molar-refractivity contribution in [2.24, 2.45) is 5.14 Å².